The Bertz CT molecular complexity index is 522. The second kappa shape index (κ2) is 8.49. The Kier molecular flexibility index (Phi) is 6.30. The van der Waals surface area contributed by atoms with Crippen LogP contribution in [0.15, 0.2) is 24.3 Å². The van der Waals surface area contributed by atoms with Crippen LogP contribution >= 0.6 is 0 Å². The Morgan fingerprint density at radius 3 is 2.81 bits per heavy atom. The number of carbonyl (C=O) groups excluding carboxylic acids is 1. The standard InChI is InChI=1S/C18H24N2O/c19-13-5-11-16-10-3-4-12-17(16)18(21)20-14-6-9-15-7-1-2-8-15/h3-4,10,12,15H,1-2,6-9,13-14,19H2,(H,20,21). The highest BCUT2D eigenvalue weighted by molar-refractivity contribution is 5.96. The summed E-state index contributed by atoms with van der Waals surface area (Å²) in [6, 6.07) is 7.42. The zero-order valence-corrected chi connectivity index (χ0v) is 12.5. The molecule has 0 saturated heterocycles. The molecule has 1 aliphatic carbocycles. The van der Waals surface area contributed by atoms with Crippen molar-refractivity contribution in [3.05, 3.63) is 35.4 Å². The van der Waals surface area contributed by atoms with Crippen LogP contribution in [-0.4, -0.2) is 19.0 Å². The molecule has 3 nitrogen and oxygen atoms in total. The Balaban J connectivity index is 1.82. The molecule has 0 spiro atoms. The molecule has 1 saturated carbocycles. The van der Waals surface area contributed by atoms with Gasteiger partial charge in [-0.05, 0) is 30.9 Å². The van der Waals surface area contributed by atoms with Gasteiger partial charge in [0.15, 0.2) is 0 Å². The molecule has 3 N–H and O–H groups in total. The minimum atomic E-state index is -0.0386. The van der Waals surface area contributed by atoms with E-state index in [0.29, 0.717) is 12.1 Å². The first-order valence-corrected chi connectivity index (χ1v) is 7.87. The third kappa shape index (κ3) is 4.91. The van der Waals surface area contributed by atoms with Crippen LogP contribution in [-0.2, 0) is 0 Å². The second-order valence-electron chi connectivity index (χ2n) is 5.60. The molecule has 0 aromatic heterocycles. The van der Waals surface area contributed by atoms with Gasteiger partial charge in [-0.25, -0.2) is 0 Å². The van der Waals surface area contributed by atoms with Gasteiger partial charge < -0.3 is 11.1 Å². The van der Waals surface area contributed by atoms with Gasteiger partial charge in [-0.3, -0.25) is 4.79 Å². The number of amides is 1. The lowest BCUT2D eigenvalue weighted by atomic mass is 10.0. The molecule has 0 atom stereocenters. The monoisotopic (exact) mass is 284 g/mol. The van der Waals surface area contributed by atoms with Crippen molar-refractivity contribution < 1.29 is 4.79 Å². The number of rotatable bonds is 5. The molecule has 3 heteroatoms. The lowest BCUT2D eigenvalue weighted by molar-refractivity contribution is 0.0952. The van der Waals surface area contributed by atoms with Crippen molar-refractivity contribution in [3.8, 4) is 11.8 Å². The van der Waals surface area contributed by atoms with Gasteiger partial charge in [0.25, 0.3) is 5.91 Å². The van der Waals surface area contributed by atoms with Crippen LogP contribution in [0.4, 0.5) is 0 Å². The molecule has 21 heavy (non-hydrogen) atoms. The smallest absolute Gasteiger partial charge is 0.252 e. The van der Waals surface area contributed by atoms with Crippen LogP contribution in [0, 0.1) is 17.8 Å². The third-order valence-corrected chi connectivity index (χ3v) is 4.05. The van der Waals surface area contributed by atoms with Gasteiger partial charge in [0, 0.05) is 12.1 Å². The highest BCUT2D eigenvalue weighted by Gasteiger charge is 2.14. The molecule has 1 fully saturated rings. The summed E-state index contributed by atoms with van der Waals surface area (Å²) >= 11 is 0. The molecule has 1 aromatic rings. The summed E-state index contributed by atoms with van der Waals surface area (Å²) in [5.74, 6) is 6.60. The highest BCUT2D eigenvalue weighted by Crippen LogP contribution is 2.28. The van der Waals surface area contributed by atoms with E-state index in [2.05, 4.69) is 17.2 Å². The van der Waals surface area contributed by atoms with Crippen LogP contribution in [0.2, 0.25) is 0 Å². The van der Waals surface area contributed by atoms with Gasteiger partial charge in [0.2, 0.25) is 0 Å². The number of hydrogen-bond acceptors (Lipinski definition) is 2. The predicted octanol–water partition coefficient (Wildman–Crippen LogP) is 2.70. The van der Waals surface area contributed by atoms with E-state index >= 15 is 0 Å². The van der Waals surface area contributed by atoms with E-state index in [9.17, 15) is 4.79 Å². The van der Waals surface area contributed by atoms with E-state index in [1.807, 2.05) is 24.3 Å². The quantitative estimate of drug-likeness (QED) is 0.645. The van der Waals surface area contributed by atoms with E-state index in [1.54, 1.807) is 0 Å². The summed E-state index contributed by atoms with van der Waals surface area (Å²) in [7, 11) is 0. The summed E-state index contributed by atoms with van der Waals surface area (Å²) in [5.41, 5.74) is 6.77. The normalized spacial score (nSPS) is 14.5. The number of nitrogens with two attached hydrogens (primary N) is 1. The first-order chi connectivity index (χ1) is 10.3. The van der Waals surface area contributed by atoms with Gasteiger partial charge in [0.1, 0.15) is 0 Å². The van der Waals surface area contributed by atoms with E-state index in [4.69, 9.17) is 5.73 Å². The van der Waals surface area contributed by atoms with Gasteiger partial charge in [-0.2, -0.15) is 0 Å². The molecule has 0 unspecified atom stereocenters. The fourth-order valence-corrected chi connectivity index (χ4v) is 2.92. The minimum Gasteiger partial charge on any atom is -0.352 e. The van der Waals surface area contributed by atoms with E-state index in [0.717, 1.165) is 24.4 Å². The predicted molar refractivity (Wildman–Crippen MR) is 85.9 cm³/mol. The molecule has 2 rings (SSSR count). The summed E-state index contributed by atoms with van der Waals surface area (Å²) in [6.07, 6.45) is 7.79. The van der Waals surface area contributed by atoms with Gasteiger partial charge in [0.05, 0.1) is 12.1 Å². The average Bonchev–Trinajstić information content (AvgIpc) is 3.03. The van der Waals surface area contributed by atoms with Gasteiger partial charge >= 0.3 is 0 Å². The molecule has 1 aromatic carbocycles. The summed E-state index contributed by atoms with van der Waals surface area (Å²) in [6.45, 7) is 1.05. The van der Waals surface area contributed by atoms with Crippen molar-refractivity contribution in [3.63, 3.8) is 0 Å². The molecule has 112 valence electrons. The fourth-order valence-electron chi connectivity index (χ4n) is 2.92. The van der Waals surface area contributed by atoms with Crippen LogP contribution < -0.4 is 11.1 Å². The Labute approximate surface area is 127 Å². The molecular formula is C18H24N2O. The summed E-state index contributed by atoms with van der Waals surface area (Å²) in [5, 5.41) is 3.00. The van der Waals surface area contributed by atoms with Crippen molar-refractivity contribution in [2.45, 2.75) is 38.5 Å². The molecule has 0 radical (unpaired) electrons. The zero-order valence-electron chi connectivity index (χ0n) is 12.5. The van der Waals surface area contributed by atoms with Crippen molar-refractivity contribution >= 4 is 5.91 Å². The largest absolute Gasteiger partial charge is 0.352 e. The van der Waals surface area contributed by atoms with Crippen LogP contribution in [0.25, 0.3) is 0 Å². The maximum atomic E-state index is 12.2. The number of nitrogens with one attached hydrogen (secondary N) is 1. The van der Waals surface area contributed by atoms with Crippen molar-refractivity contribution in [2.75, 3.05) is 13.1 Å². The lowest BCUT2D eigenvalue weighted by Crippen LogP contribution is -2.25. The summed E-state index contributed by atoms with van der Waals surface area (Å²) < 4.78 is 0. The first-order valence-electron chi connectivity index (χ1n) is 7.87. The molecule has 0 aliphatic heterocycles. The molecular weight excluding hydrogens is 260 g/mol. The van der Waals surface area contributed by atoms with E-state index in [1.165, 1.54) is 32.1 Å². The Hall–Kier alpha value is -1.79. The highest BCUT2D eigenvalue weighted by atomic mass is 16.1. The maximum absolute atomic E-state index is 12.2. The van der Waals surface area contributed by atoms with Crippen molar-refractivity contribution in [1.82, 2.24) is 5.32 Å². The Morgan fingerprint density at radius 1 is 1.29 bits per heavy atom. The minimum absolute atomic E-state index is 0.0386. The van der Waals surface area contributed by atoms with Crippen molar-refractivity contribution in [2.24, 2.45) is 11.7 Å². The van der Waals surface area contributed by atoms with Crippen molar-refractivity contribution in [1.29, 1.82) is 0 Å². The molecule has 1 aliphatic rings. The number of benzene rings is 1. The van der Waals surface area contributed by atoms with Crippen LogP contribution in [0.1, 0.15) is 54.4 Å². The van der Waals surface area contributed by atoms with Crippen LogP contribution in [0.5, 0.6) is 0 Å². The summed E-state index contributed by atoms with van der Waals surface area (Å²) in [4.78, 5) is 12.2. The molecule has 0 heterocycles. The van der Waals surface area contributed by atoms with Crippen LogP contribution in [0.3, 0.4) is 0 Å². The lowest BCUT2D eigenvalue weighted by Gasteiger charge is -2.10. The average molecular weight is 284 g/mol. The first kappa shape index (κ1) is 15.6. The zero-order chi connectivity index (χ0) is 14.9. The number of carbonyl (C=O) groups is 1. The fraction of sp³-hybridized carbons (Fsp3) is 0.500. The maximum Gasteiger partial charge on any atom is 0.252 e. The second-order valence-corrected chi connectivity index (χ2v) is 5.60. The molecule has 0 bridgehead atoms. The third-order valence-electron chi connectivity index (χ3n) is 4.05. The number of hydrogen-bond donors (Lipinski definition) is 2. The van der Waals surface area contributed by atoms with E-state index in [-0.39, 0.29) is 5.91 Å². The SMILES string of the molecule is NCC#Cc1ccccc1C(=O)NCCCC1CCCC1. The topological polar surface area (TPSA) is 55.1 Å². The Morgan fingerprint density at radius 2 is 2.05 bits per heavy atom. The van der Waals surface area contributed by atoms with E-state index < -0.39 is 0 Å². The van der Waals surface area contributed by atoms with Gasteiger partial charge in [-0.15, -0.1) is 0 Å². The molecule has 1 amide bonds. The van der Waals surface area contributed by atoms with Gasteiger partial charge in [-0.1, -0.05) is 49.7 Å².